The lowest BCUT2D eigenvalue weighted by Gasteiger charge is -2.25. The predicted molar refractivity (Wildman–Crippen MR) is 116 cm³/mol. The number of amides is 1. The van der Waals surface area contributed by atoms with Crippen molar-refractivity contribution in [2.24, 2.45) is 0 Å². The lowest BCUT2D eigenvalue weighted by Crippen LogP contribution is -2.36. The van der Waals surface area contributed by atoms with Gasteiger partial charge in [0, 0.05) is 11.8 Å². The van der Waals surface area contributed by atoms with Crippen LogP contribution in [-0.2, 0) is 10.2 Å². The van der Waals surface area contributed by atoms with Crippen LogP contribution in [0.5, 0.6) is 0 Å². The zero-order valence-electron chi connectivity index (χ0n) is 17.1. The molecule has 0 bridgehead atoms. The maximum atomic E-state index is 13.9. The minimum absolute atomic E-state index is 0.00705. The number of nitrogens with zero attached hydrogens (tertiary/aromatic N) is 3. The van der Waals surface area contributed by atoms with Crippen molar-refractivity contribution in [2.75, 3.05) is 4.90 Å². The number of rotatable bonds is 3. The summed E-state index contributed by atoms with van der Waals surface area (Å²) in [6, 6.07) is 19.8. The molecule has 1 unspecified atom stereocenters. The van der Waals surface area contributed by atoms with Crippen molar-refractivity contribution in [3.63, 3.8) is 0 Å². The zero-order chi connectivity index (χ0) is 20.9. The fourth-order valence-electron chi connectivity index (χ4n) is 4.42. The summed E-state index contributed by atoms with van der Waals surface area (Å²) in [6.07, 6.45) is 3.43. The van der Waals surface area contributed by atoms with E-state index in [9.17, 15) is 4.79 Å². The summed E-state index contributed by atoms with van der Waals surface area (Å²) in [5.41, 5.74) is 5.53. The maximum absolute atomic E-state index is 13.9. The van der Waals surface area contributed by atoms with Gasteiger partial charge in [-0.3, -0.25) is 14.7 Å². The smallest absolute Gasteiger partial charge is 0.246 e. The Labute approximate surface area is 175 Å². The molecule has 0 spiro atoms. The number of hydrogen-bond donors (Lipinski definition) is 0. The Hall–Kier alpha value is -3.73. The molecule has 4 aromatic rings. The van der Waals surface area contributed by atoms with Gasteiger partial charge in [0.2, 0.25) is 5.91 Å². The van der Waals surface area contributed by atoms with Crippen LogP contribution >= 0.6 is 0 Å². The number of aryl methyl sites for hydroxylation is 2. The maximum Gasteiger partial charge on any atom is 0.246 e. The molecule has 1 atom stereocenters. The van der Waals surface area contributed by atoms with Crippen molar-refractivity contribution in [1.82, 2.24) is 10.1 Å². The van der Waals surface area contributed by atoms with Crippen LogP contribution in [0, 0.1) is 13.8 Å². The van der Waals surface area contributed by atoms with Gasteiger partial charge in [-0.2, -0.15) is 0 Å². The first-order valence-corrected chi connectivity index (χ1v) is 9.89. The van der Waals surface area contributed by atoms with Crippen LogP contribution in [-0.4, -0.2) is 16.0 Å². The Balaban J connectivity index is 1.78. The summed E-state index contributed by atoms with van der Waals surface area (Å²) >= 11 is 0. The normalized spacial score (nSPS) is 18.0. The van der Waals surface area contributed by atoms with Crippen molar-refractivity contribution in [1.29, 1.82) is 0 Å². The minimum Gasteiger partial charge on any atom is -0.361 e. The quantitative estimate of drug-likeness (QED) is 0.470. The molecular weight excluding hydrogens is 374 g/mol. The largest absolute Gasteiger partial charge is 0.361 e. The standard InChI is InChI=1S/C25H21N3O2/c1-16-23(17(2)30-27-16)18-11-12-22-21(14-18)25(3,19-8-5-4-6-9-19)24(29)28(22)20-10-7-13-26-15-20/h4-15H,1-3H3. The molecule has 2 aromatic carbocycles. The summed E-state index contributed by atoms with van der Waals surface area (Å²) in [4.78, 5) is 19.9. The van der Waals surface area contributed by atoms with Gasteiger partial charge in [0.15, 0.2) is 0 Å². The first-order chi connectivity index (χ1) is 14.5. The fraction of sp³-hybridized carbons (Fsp3) is 0.160. The first kappa shape index (κ1) is 18.3. The van der Waals surface area contributed by atoms with Gasteiger partial charge in [0.05, 0.1) is 28.7 Å². The number of anilines is 2. The van der Waals surface area contributed by atoms with Gasteiger partial charge in [0.25, 0.3) is 0 Å². The molecule has 5 rings (SSSR count). The van der Waals surface area contributed by atoms with Crippen molar-refractivity contribution in [3.05, 3.63) is 95.6 Å². The molecule has 1 aliphatic heterocycles. The van der Waals surface area contributed by atoms with Gasteiger partial charge in [0.1, 0.15) is 5.76 Å². The summed E-state index contributed by atoms with van der Waals surface area (Å²) in [6.45, 7) is 5.84. The van der Waals surface area contributed by atoms with E-state index in [4.69, 9.17) is 4.52 Å². The lowest BCUT2D eigenvalue weighted by atomic mass is 9.76. The second-order valence-corrected chi connectivity index (χ2v) is 7.77. The molecule has 0 saturated heterocycles. The molecule has 1 amide bonds. The summed E-state index contributed by atoms with van der Waals surface area (Å²) < 4.78 is 5.38. The van der Waals surface area contributed by atoms with E-state index in [1.165, 1.54) is 0 Å². The number of pyridine rings is 1. The van der Waals surface area contributed by atoms with E-state index >= 15 is 0 Å². The van der Waals surface area contributed by atoms with E-state index in [1.54, 1.807) is 17.3 Å². The van der Waals surface area contributed by atoms with E-state index in [-0.39, 0.29) is 5.91 Å². The number of carbonyl (C=O) groups is 1. The first-order valence-electron chi connectivity index (χ1n) is 9.89. The molecule has 0 saturated carbocycles. The molecule has 5 heteroatoms. The van der Waals surface area contributed by atoms with Gasteiger partial charge in [-0.15, -0.1) is 0 Å². The average Bonchev–Trinajstić information content (AvgIpc) is 3.23. The Morgan fingerprint density at radius 2 is 1.80 bits per heavy atom. The Morgan fingerprint density at radius 3 is 2.47 bits per heavy atom. The van der Waals surface area contributed by atoms with Crippen LogP contribution in [0.2, 0.25) is 0 Å². The van der Waals surface area contributed by atoms with Crippen LogP contribution in [0.15, 0.2) is 77.6 Å². The van der Waals surface area contributed by atoms with Crippen LogP contribution in [0.25, 0.3) is 11.1 Å². The Bertz CT molecular complexity index is 1230. The van der Waals surface area contributed by atoms with Crippen molar-refractivity contribution in [3.8, 4) is 11.1 Å². The molecule has 148 valence electrons. The van der Waals surface area contributed by atoms with Gasteiger partial charge in [-0.25, -0.2) is 0 Å². The summed E-state index contributed by atoms with van der Waals surface area (Å²) in [5, 5.41) is 4.10. The Morgan fingerprint density at radius 1 is 1.00 bits per heavy atom. The van der Waals surface area contributed by atoms with Crippen LogP contribution in [0.1, 0.15) is 29.5 Å². The molecule has 2 aromatic heterocycles. The third kappa shape index (κ3) is 2.52. The van der Waals surface area contributed by atoms with Crippen molar-refractivity contribution < 1.29 is 9.32 Å². The second-order valence-electron chi connectivity index (χ2n) is 7.77. The third-order valence-corrected chi connectivity index (χ3v) is 5.98. The molecule has 1 aliphatic rings. The van der Waals surface area contributed by atoms with E-state index in [2.05, 4.69) is 16.2 Å². The van der Waals surface area contributed by atoms with Crippen molar-refractivity contribution in [2.45, 2.75) is 26.2 Å². The van der Waals surface area contributed by atoms with E-state index in [0.29, 0.717) is 0 Å². The number of carbonyl (C=O) groups excluding carboxylic acids is 1. The lowest BCUT2D eigenvalue weighted by molar-refractivity contribution is -0.120. The number of aromatic nitrogens is 2. The Kier molecular flexibility index (Phi) is 4.07. The molecule has 3 heterocycles. The number of fused-ring (bicyclic) bond motifs is 1. The SMILES string of the molecule is Cc1noc(C)c1-c1ccc2c(c1)C(C)(c1ccccc1)C(=O)N2c1cccnc1. The molecule has 0 radical (unpaired) electrons. The van der Waals surface area contributed by atoms with Gasteiger partial charge in [-0.1, -0.05) is 41.6 Å². The average molecular weight is 395 g/mol. The summed E-state index contributed by atoms with van der Waals surface area (Å²) in [7, 11) is 0. The van der Waals surface area contributed by atoms with Crippen LogP contribution in [0.3, 0.4) is 0 Å². The molecule has 0 N–H and O–H groups in total. The van der Waals surface area contributed by atoms with Gasteiger partial charge in [-0.05, 0) is 61.7 Å². The molecule has 0 fully saturated rings. The molecule has 5 nitrogen and oxygen atoms in total. The summed E-state index contributed by atoms with van der Waals surface area (Å²) in [5.74, 6) is 0.773. The highest BCUT2D eigenvalue weighted by molar-refractivity contribution is 6.15. The highest BCUT2D eigenvalue weighted by atomic mass is 16.5. The molecule has 0 aliphatic carbocycles. The van der Waals surface area contributed by atoms with Crippen LogP contribution < -0.4 is 4.90 Å². The molecular formula is C25H21N3O2. The predicted octanol–water partition coefficient (Wildman–Crippen LogP) is 5.34. The van der Waals surface area contributed by atoms with E-state index < -0.39 is 5.41 Å². The van der Waals surface area contributed by atoms with Gasteiger partial charge >= 0.3 is 0 Å². The highest BCUT2D eigenvalue weighted by Crippen LogP contribution is 2.50. The van der Waals surface area contributed by atoms with E-state index in [0.717, 1.165) is 45.1 Å². The minimum atomic E-state index is -0.818. The van der Waals surface area contributed by atoms with Gasteiger partial charge < -0.3 is 4.52 Å². The van der Waals surface area contributed by atoms with Crippen LogP contribution in [0.4, 0.5) is 11.4 Å². The number of benzene rings is 2. The van der Waals surface area contributed by atoms with E-state index in [1.807, 2.05) is 75.4 Å². The monoisotopic (exact) mass is 395 g/mol. The zero-order valence-corrected chi connectivity index (χ0v) is 17.1. The second kappa shape index (κ2) is 6.66. The van der Waals surface area contributed by atoms with Crippen molar-refractivity contribution >= 4 is 17.3 Å². The number of hydrogen-bond acceptors (Lipinski definition) is 4. The topological polar surface area (TPSA) is 59.2 Å². The third-order valence-electron chi connectivity index (χ3n) is 5.98. The fourth-order valence-corrected chi connectivity index (χ4v) is 4.42. The molecule has 30 heavy (non-hydrogen) atoms. The highest BCUT2D eigenvalue weighted by Gasteiger charge is 2.49.